The Labute approximate surface area is 158 Å². The number of nitrogens with zero attached hydrogens (tertiary/aromatic N) is 1. The van der Waals surface area contributed by atoms with Crippen LogP contribution in [0.25, 0.3) is 0 Å². The van der Waals surface area contributed by atoms with Crippen LogP contribution in [0.3, 0.4) is 0 Å². The maximum absolute atomic E-state index is 11.8. The molecule has 0 radical (unpaired) electrons. The number of hydrogen-bond acceptors (Lipinski definition) is 6. The molecular weight excluding hydrogens is 348 g/mol. The maximum atomic E-state index is 11.8. The van der Waals surface area contributed by atoms with Gasteiger partial charge in [0.05, 0.1) is 26.5 Å². The van der Waals surface area contributed by atoms with E-state index in [-0.39, 0.29) is 12.5 Å². The minimum atomic E-state index is -0.370. The molecule has 2 aromatic rings. The molecule has 0 aliphatic heterocycles. The van der Waals surface area contributed by atoms with E-state index in [9.17, 15) is 4.79 Å². The molecule has 0 spiro atoms. The highest BCUT2D eigenvalue weighted by atomic mass is 16.5. The van der Waals surface area contributed by atoms with Gasteiger partial charge in [-0.2, -0.15) is 5.10 Å². The Kier molecular flexibility index (Phi) is 7.96. The number of carbonyl (C=O) groups is 1. The first-order valence-corrected chi connectivity index (χ1v) is 8.64. The summed E-state index contributed by atoms with van der Waals surface area (Å²) in [6, 6.07) is 12.5. The van der Waals surface area contributed by atoms with Crippen molar-refractivity contribution in [1.82, 2.24) is 5.43 Å². The van der Waals surface area contributed by atoms with Gasteiger partial charge in [0, 0.05) is 6.07 Å². The van der Waals surface area contributed by atoms with Crippen LogP contribution in [0.2, 0.25) is 0 Å². The van der Waals surface area contributed by atoms with Crippen molar-refractivity contribution < 1.29 is 23.7 Å². The zero-order chi connectivity index (χ0) is 19.5. The number of ether oxygens (including phenoxy) is 4. The highest BCUT2D eigenvalue weighted by Crippen LogP contribution is 2.28. The molecule has 7 nitrogen and oxygen atoms in total. The number of nitrogens with one attached hydrogen (secondary N) is 1. The van der Waals surface area contributed by atoms with Crippen molar-refractivity contribution in [2.75, 3.05) is 26.9 Å². The zero-order valence-electron chi connectivity index (χ0n) is 15.7. The van der Waals surface area contributed by atoms with Crippen LogP contribution < -0.4 is 24.4 Å². The van der Waals surface area contributed by atoms with Crippen molar-refractivity contribution in [3.05, 3.63) is 48.0 Å². The van der Waals surface area contributed by atoms with Crippen molar-refractivity contribution in [3.8, 4) is 23.0 Å². The fraction of sp³-hybridized carbons (Fsp3) is 0.300. The van der Waals surface area contributed by atoms with E-state index < -0.39 is 0 Å². The fourth-order valence-electron chi connectivity index (χ4n) is 2.20. The monoisotopic (exact) mass is 372 g/mol. The Bertz CT molecular complexity index is 777. The van der Waals surface area contributed by atoms with E-state index in [1.807, 2.05) is 26.0 Å². The third-order valence-electron chi connectivity index (χ3n) is 3.38. The van der Waals surface area contributed by atoms with E-state index in [4.69, 9.17) is 18.9 Å². The van der Waals surface area contributed by atoms with Gasteiger partial charge in [0.25, 0.3) is 5.91 Å². The lowest BCUT2D eigenvalue weighted by Gasteiger charge is -2.11. The van der Waals surface area contributed by atoms with Gasteiger partial charge in [0.2, 0.25) is 0 Å². The molecule has 0 saturated carbocycles. The molecule has 0 fully saturated rings. The molecule has 0 aliphatic rings. The number of benzene rings is 2. The highest BCUT2D eigenvalue weighted by Gasteiger charge is 2.06. The van der Waals surface area contributed by atoms with Gasteiger partial charge in [-0.15, -0.1) is 0 Å². The van der Waals surface area contributed by atoms with Crippen LogP contribution >= 0.6 is 0 Å². The number of rotatable bonds is 10. The lowest BCUT2D eigenvalue weighted by molar-refractivity contribution is -0.123. The summed E-state index contributed by atoms with van der Waals surface area (Å²) < 4.78 is 21.6. The Morgan fingerprint density at radius 1 is 1.00 bits per heavy atom. The van der Waals surface area contributed by atoms with E-state index in [1.54, 1.807) is 37.4 Å². The third-order valence-corrected chi connectivity index (χ3v) is 3.38. The maximum Gasteiger partial charge on any atom is 0.277 e. The third kappa shape index (κ3) is 6.54. The number of methoxy groups -OCH3 is 1. The molecule has 1 N–H and O–H groups in total. The standard InChI is InChI=1S/C20H24N2O5/c1-4-25-18-10-9-15(11-19(18)26-5-2)13-21-22-20(23)14-27-17-8-6-7-16(12-17)24-3/h6-13H,4-5,14H2,1-3H3,(H,22,23)/b21-13+. The zero-order valence-corrected chi connectivity index (χ0v) is 15.7. The van der Waals surface area contributed by atoms with E-state index in [0.717, 1.165) is 5.56 Å². The minimum absolute atomic E-state index is 0.155. The molecule has 2 aromatic carbocycles. The Balaban J connectivity index is 1.88. The number of hydrazone groups is 1. The molecule has 0 atom stereocenters. The lowest BCUT2D eigenvalue weighted by Crippen LogP contribution is -2.24. The number of hydrogen-bond donors (Lipinski definition) is 1. The van der Waals surface area contributed by atoms with Gasteiger partial charge in [-0.25, -0.2) is 5.43 Å². The summed E-state index contributed by atoms with van der Waals surface area (Å²) in [6.07, 6.45) is 1.53. The molecule has 27 heavy (non-hydrogen) atoms. The second-order valence-electron chi connectivity index (χ2n) is 5.33. The summed E-state index contributed by atoms with van der Waals surface area (Å²) in [5.74, 6) is 2.14. The van der Waals surface area contributed by atoms with Gasteiger partial charge in [0.1, 0.15) is 11.5 Å². The summed E-state index contributed by atoms with van der Waals surface area (Å²) in [5.41, 5.74) is 3.20. The smallest absolute Gasteiger partial charge is 0.277 e. The highest BCUT2D eigenvalue weighted by molar-refractivity contribution is 5.83. The molecule has 0 aliphatic carbocycles. The molecular formula is C20H24N2O5. The van der Waals surface area contributed by atoms with Crippen LogP contribution in [-0.4, -0.2) is 39.1 Å². The quantitative estimate of drug-likeness (QED) is 0.512. The Morgan fingerprint density at radius 2 is 1.74 bits per heavy atom. The number of amides is 1. The molecule has 0 aromatic heterocycles. The van der Waals surface area contributed by atoms with Crippen LogP contribution in [0, 0.1) is 0 Å². The average Bonchev–Trinajstić information content (AvgIpc) is 2.69. The van der Waals surface area contributed by atoms with Gasteiger partial charge in [-0.1, -0.05) is 6.07 Å². The van der Waals surface area contributed by atoms with Gasteiger partial charge >= 0.3 is 0 Å². The second-order valence-corrected chi connectivity index (χ2v) is 5.33. The van der Waals surface area contributed by atoms with E-state index in [1.165, 1.54) is 6.21 Å². The molecule has 1 amide bonds. The van der Waals surface area contributed by atoms with E-state index in [0.29, 0.717) is 36.2 Å². The Hall–Kier alpha value is -3.22. The second kappa shape index (κ2) is 10.7. The molecule has 0 saturated heterocycles. The van der Waals surface area contributed by atoms with Crippen LogP contribution in [-0.2, 0) is 4.79 Å². The van der Waals surface area contributed by atoms with Crippen molar-refractivity contribution in [1.29, 1.82) is 0 Å². The van der Waals surface area contributed by atoms with Crippen LogP contribution in [0.15, 0.2) is 47.6 Å². The Morgan fingerprint density at radius 3 is 2.48 bits per heavy atom. The molecule has 0 bridgehead atoms. The van der Waals surface area contributed by atoms with Gasteiger partial charge < -0.3 is 18.9 Å². The minimum Gasteiger partial charge on any atom is -0.497 e. The molecule has 0 unspecified atom stereocenters. The molecule has 144 valence electrons. The fourth-order valence-corrected chi connectivity index (χ4v) is 2.20. The average molecular weight is 372 g/mol. The molecule has 7 heteroatoms. The molecule has 2 rings (SSSR count). The largest absolute Gasteiger partial charge is 0.497 e. The first-order valence-electron chi connectivity index (χ1n) is 8.64. The van der Waals surface area contributed by atoms with Crippen LogP contribution in [0.4, 0.5) is 0 Å². The van der Waals surface area contributed by atoms with E-state index in [2.05, 4.69) is 10.5 Å². The number of carbonyl (C=O) groups excluding carboxylic acids is 1. The first kappa shape index (κ1) is 20.1. The summed E-state index contributed by atoms with van der Waals surface area (Å²) in [7, 11) is 1.57. The normalized spacial score (nSPS) is 10.5. The topological polar surface area (TPSA) is 78.4 Å². The lowest BCUT2D eigenvalue weighted by atomic mass is 10.2. The predicted molar refractivity (Wildman–Crippen MR) is 103 cm³/mol. The van der Waals surface area contributed by atoms with Gasteiger partial charge in [0.15, 0.2) is 18.1 Å². The molecule has 0 heterocycles. The van der Waals surface area contributed by atoms with Gasteiger partial charge in [-0.3, -0.25) is 4.79 Å². The van der Waals surface area contributed by atoms with Crippen LogP contribution in [0.5, 0.6) is 23.0 Å². The van der Waals surface area contributed by atoms with Crippen molar-refractivity contribution >= 4 is 12.1 Å². The van der Waals surface area contributed by atoms with Crippen molar-refractivity contribution in [2.45, 2.75) is 13.8 Å². The first-order chi connectivity index (χ1) is 13.2. The van der Waals surface area contributed by atoms with Crippen LogP contribution in [0.1, 0.15) is 19.4 Å². The summed E-state index contributed by atoms with van der Waals surface area (Å²) in [4.78, 5) is 11.8. The summed E-state index contributed by atoms with van der Waals surface area (Å²) in [5, 5.41) is 3.94. The van der Waals surface area contributed by atoms with E-state index >= 15 is 0 Å². The summed E-state index contributed by atoms with van der Waals surface area (Å²) >= 11 is 0. The van der Waals surface area contributed by atoms with Gasteiger partial charge in [-0.05, 0) is 49.7 Å². The van der Waals surface area contributed by atoms with Crippen molar-refractivity contribution in [2.24, 2.45) is 5.10 Å². The van der Waals surface area contributed by atoms with Crippen molar-refractivity contribution in [3.63, 3.8) is 0 Å². The predicted octanol–water partition coefficient (Wildman–Crippen LogP) is 3.02. The SMILES string of the molecule is CCOc1ccc(/C=N/NC(=O)COc2cccc(OC)c2)cc1OCC. The summed E-state index contributed by atoms with van der Waals surface area (Å²) in [6.45, 7) is 4.74.